The molecule has 1 saturated carbocycles. The zero-order valence-corrected chi connectivity index (χ0v) is 13.3. The van der Waals surface area contributed by atoms with Crippen molar-refractivity contribution in [3.8, 4) is 0 Å². The highest BCUT2D eigenvalue weighted by atomic mass is 35.5. The van der Waals surface area contributed by atoms with Crippen molar-refractivity contribution >= 4 is 11.6 Å². The molecule has 1 aliphatic rings. The molecule has 19 heavy (non-hydrogen) atoms. The summed E-state index contributed by atoms with van der Waals surface area (Å²) >= 11 is 6.45. The molecule has 1 aromatic rings. The van der Waals surface area contributed by atoms with Gasteiger partial charge >= 0.3 is 0 Å². The van der Waals surface area contributed by atoms with Crippen molar-refractivity contribution in [2.75, 3.05) is 6.54 Å². The van der Waals surface area contributed by atoms with Gasteiger partial charge in [0.2, 0.25) is 0 Å². The summed E-state index contributed by atoms with van der Waals surface area (Å²) in [4.78, 5) is 0. The van der Waals surface area contributed by atoms with Crippen molar-refractivity contribution in [1.29, 1.82) is 0 Å². The molecule has 1 heterocycles. The van der Waals surface area contributed by atoms with Gasteiger partial charge in [0.1, 0.15) is 0 Å². The highest BCUT2D eigenvalue weighted by Gasteiger charge is 2.33. The van der Waals surface area contributed by atoms with Gasteiger partial charge < -0.3 is 5.32 Å². The first-order chi connectivity index (χ1) is 9.08. The number of halogens is 1. The lowest BCUT2D eigenvalue weighted by Gasteiger charge is -2.21. The van der Waals surface area contributed by atoms with E-state index in [0.29, 0.717) is 6.04 Å². The summed E-state index contributed by atoms with van der Waals surface area (Å²) in [6.45, 7) is 7.73. The zero-order valence-electron chi connectivity index (χ0n) is 12.5. The molecule has 3 unspecified atom stereocenters. The van der Waals surface area contributed by atoms with Crippen molar-refractivity contribution in [1.82, 2.24) is 15.1 Å². The predicted octanol–water partition coefficient (Wildman–Crippen LogP) is 3.20. The minimum atomic E-state index is 0.674. The second-order valence-electron chi connectivity index (χ2n) is 5.75. The SMILES string of the molecule is CCNC1CCC(Cc2c(Cl)c(CC)nn2C)C1C. The number of nitrogens with one attached hydrogen (secondary N) is 1. The predicted molar refractivity (Wildman–Crippen MR) is 80.7 cm³/mol. The van der Waals surface area contributed by atoms with E-state index in [1.165, 1.54) is 18.5 Å². The number of hydrogen-bond donors (Lipinski definition) is 1. The van der Waals surface area contributed by atoms with Crippen LogP contribution in [0.25, 0.3) is 0 Å². The van der Waals surface area contributed by atoms with E-state index in [1.54, 1.807) is 0 Å². The van der Waals surface area contributed by atoms with E-state index < -0.39 is 0 Å². The third-order valence-corrected chi connectivity index (χ3v) is 5.09. The highest BCUT2D eigenvalue weighted by molar-refractivity contribution is 6.31. The fourth-order valence-corrected chi connectivity index (χ4v) is 3.75. The Labute approximate surface area is 121 Å². The quantitative estimate of drug-likeness (QED) is 0.899. The number of rotatable bonds is 5. The molecule has 1 aliphatic carbocycles. The second kappa shape index (κ2) is 6.27. The number of hydrogen-bond acceptors (Lipinski definition) is 2. The average Bonchev–Trinajstić information content (AvgIpc) is 2.86. The first-order valence-electron chi connectivity index (χ1n) is 7.52. The first kappa shape index (κ1) is 14.9. The van der Waals surface area contributed by atoms with Crippen LogP contribution in [0.15, 0.2) is 0 Å². The lowest BCUT2D eigenvalue weighted by molar-refractivity contribution is 0.350. The summed E-state index contributed by atoms with van der Waals surface area (Å²) in [5.41, 5.74) is 2.25. The van der Waals surface area contributed by atoms with E-state index in [2.05, 4.69) is 31.2 Å². The van der Waals surface area contributed by atoms with Crippen molar-refractivity contribution < 1.29 is 0 Å². The molecule has 1 fully saturated rings. The fourth-order valence-electron chi connectivity index (χ4n) is 3.38. The van der Waals surface area contributed by atoms with Gasteiger partial charge in [0.15, 0.2) is 0 Å². The Hall–Kier alpha value is -0.540. The van der Waals surface area contributed by atoms with Crippen LogP contribution in [-0.2, 0) is 19.9 Å². The molecule has 2 rings (SSSR count). The number of aryl methyl sites for hydroxylation is 2. The molecule has 0 radical (unpaired) electrons. The average molecular weight is 284 g/mol. The fraction of sp³-hybridized carbons (Fsp3) is 0.800. The summed E-state index contributed by atoms with van der Waals surface area (Å²) in [6.07, 6.45) is 4.55. The van der Waals surface area contributed by atoms with Crippen LogP contribution in [-0.4, -0.2) is 22.4 Å². The van der Waals surface area contributed by atoms with Gasteiger partial charge in [-0.25, -0.2) is 0 Å². The molecule has 4 heteroatoms. The third-order valence-electron chi connectivity index (χ3n) is 4.65. The molecule has 108 valence electrons. The number of nitrogens with zero attached hydrogens (tertiary/aromatic N) is 2. The summed E-state index contributed by atoms with van der Waals surface area (Å²) in [7, 11) is 2.02. The van der Waals surface area contributed by atoms with Crippen molar-refractivity contribution in [2.24, 2.45) is 18.9 Å². The molecule has 1 N–H and O–H groups in total. The standard InChI is InChI=1S/C15H26ClN3/c1-5-12-15(16)14(19(4)18-12)9-11-7-8-13(10(11)3)17-6-2/h10-11,13,17H,5-9H2,1-4H3. The maximum atomic E-state index is 6.45. The molecule has 0 bridgehead atoms. The van der Waals surface area contributed by atoms with Gasteiger partial charge in [-0.2, -0.15) is 5.10 Å². The molecule has 1 aromatic heterocycles. The smallest absolute Gasteiger partial charge is 0.0849 e. The van der Waals surface area contributed by atoms with Gasteiger partial charge in [0.25, 0.3) is 0 Å². The van der Waals surface area contributed by atoms with E-state index in [4.69, 9.17) is 11.6 Å². The lowest BCUT2D eigenvalue weighted by atomic mass is 9.91. The summed E-state index contributed by atoms with van der Waals surface area (Å²) in [6, 6.07) is 0.674. The lowest BCUT2D eigenvalue weighted by Crippen LogP contribution is -2.32. The van der Waals surface area contributed by atoms with Gasteiger partial charge in [-0.05, 0) is 44.1 Å². The van der Waals surface area contributed by atoms with Crippen LogP contribution in [0.2, 0.25) is 5.02 Å². The molecule has 0 aromatic carbocycles. The molecule has 0 spiro atoms. The Balaban J connectivity index is 2.08. The Morgan fingerprint density at radius 1 is 1.37 bits per heavy atom. The topological polar surface area (TPSA) is 29.9 Å². The van der Waals surface area contributed by atoms with Gasteiger partial charge in [-0.3, -0.25) is 4.68 Å². The minimum absolute atomic E-state index is 0.674. The molecule has 0 saturated heterocycles. The second-order valence-corrected chi connectivity index (χ2v) is 6.13. The molecule has 3 atom stereocenters. The van der Waals surface area contributed by atoms with Crippen LogP contribution in [0, 0.1) is 11.8 Å². The van der Waals surface area contributed by atoms with Gasteiger partial charge in [-0.1, -0.05) is 32.4 Å². The third kappa shape index (κ3) is 2.97. The highest BCUT2D eigenvalue weighted by Crippen LogP contribution is 2.36. The molecule has 0 amide bonds. The Morgan fingerprint density at radius 3 is 2.68 bits per heavy atom. The van der Waals surface area contributed by atoms with E-state index in [1.807, 2.05) is 11.7 Å². The maximum Gasteiger partial charge on any atom is 0.0849 e. The largest absolute Gasteiger partial charge is 0.314 e. The van der Waals surface area contributed by atoms with E-state index in [9.17, 15) is 0 Å². The van der Waals surface area contributed by atoms with Crippen LogP contribution in [0.5, 0.6) is 0 Å². The Kier molecular flexibility index (Phi) is 4.91. The van der Waals surface area contributed by atoms with Crippen LogP contribution >= 0.6 is 11.6 Å². The molecule has 0 aliphatic heterocycles. The van der Waals surface area contributed by atoms with Crippen molar-refractivity contribution in [3.63, 3.8) is 0 Å². The minimum Gasteiger partial charge on any atom is -0.314 e. The van der Waals surface area contributed by atoms with E-state index in [0.717, 1.165) is 41.9 Å². The van der Waals surface area contributed by atoms with E-state index >= 15 is 0 Å². The van der Waals surface area contributed by atoms with Crippen molar-refractivity contribution in [3.05, 3.63) is 16.4 Å². The van der Waals surface area contributed by atoms with Crippen LogP contribution in [0.3, 0.4) is 0 Å². The maximum absolute atomic E-state index is 6.45. The molecular formula is C15H26ClN3. The Morgan fingerprint density at radius 2 is 2.11 bits per heavy atom. The van der Waals surface area contributed by atoms with Gasteiger partial charge in [-0.15, -0.1) is 0 Å². The normalized spacial score (nSPS) is 27.1. The van der Waals surface area contributed by atoms with Gasteiger partial charge in [0.05, 0.1) is 16.4 Å². The van der Waals surface area contributed by atoms with E-state index in [-0.39, 0.29) is 0 Å². The number of aromatic nitrogens is 2. The summed E-state index contributed by atoms with van der Waals surface area (Å²) < 4.78 is 1.98. The van der Waals surface area contributed by atoms with Crippen molar-refractivity contribution in [2.45, 2.75) is 52.5 Å². The summed E-state index contributed by atoms with van der Waals surface area (Å²) in [5, 5.41) is 9.01. The monoisotopic (exact) mass is 283 g/mol. The van der Waals surface area contributed by atoms with Crippen LogP contribution < -0.4 is 5.32 Å². The summed E-state index contributed by atoms with van der Waals surface area (Å²) in [5.74, 6) is 1.44. The first-order valence-corrected chi connectivity index (χ1v) is 7.89. The van der Waals surface area contributed by atoms with Crippen LogP contribution in [0.1, 0.15) is 45.0 Å². The molecular weight excluding hydrogens is 258 g/mol. The zero-order chi connectivity index (χ0) is 14.0. The van der Waals surface area contributed by atoms with Gasteiger partial charge in [0, 0.05) is 13.1 Å². The molecule has 3 nitrogen and oxygen atoms in total. The van der Waals surface area contributed by atoms with Crippen LogP contribution in [0.4, 0.5) is 0 Å². The Bertz CT molecular complexity index is 427.